The van der Waals surface area contributed by atoms with Crippen molar-refractivity contribution < 1.29 is 14.7 Å². The van der Waals surface area contributed by atoms with E-state index in [2.05, 4.69) is 5.43 Å². The number of carbonyl (C=O) groups excluding carboxylic acids is 1. The van der Waals surface area contributed by atoms with Gasteiger partial charge >= 0.3 is 12.0 Å². The summed E-state index contributed by atoms with van der Waals surface area (Å²) in [5, 5.41) is 10.8. The Kier molecular flexibility index (Phi) is 3.71. The van der Waals surface area contributed by atoms with Crippen molar-refractivity contribution in [3.05, 3.63) is 35.4 Å². The van der Waals surface area contributed by atoms with E-state index in [0.717, 1.165) is 11.1 Å². The fourth-order valence-corrected chi connectivity index (χ4v) is 2.21. The fraction of sp³-hybridized carbons (Fsp3) is 0.385. The highest BCUT2D eigenvalue weighted by atomic mass is 16.4. The van der Waals surface area contributed by atoms with Gasteiger partial charge in [-0.15, -0.1) is 0 Å². The molecular formula is C13H17N3O3. The van der Waals surface area contributed by atoms with Crippen LogP contribution in [0.3, 0.4) is 0 Å². The van der Waals surface area contributed by atoms with E-state index in [-0.39, 0.29) is 0 Å². The number of amides is 2. The summed E-state index contributed by atoms with van der Waals surface area (Å²) in [4.78, 5) is 24.7. The second-order valence-corrected chi connectivity index (χ2v) is 4.77. The number of hydrogen-bond donors (Lipinski definition) is 2. The van der Waals surface area contributed by atoms with Crippen molar-refractivity contribution in [3.8, 4) is 0 Å². The molecule has 0 radical (unpaired) electrons. The highest BCUT2D eigenvalue weighted by Crippen LogP contribution is 2.23. The van der Waals surface area contributed by atoms with Crippen LogP contribution in [0.5, 0.6) is 0 Å². The summed E-state index contributed by atoms with van der Waals surface area (Å²) in [6, 6.07) is 6.38. The van der Waals surface area contributed by atoms with Crippen molar-refractivity contribution >= 4 is 12.0 Å². The van der Waals surface area contributed by atoms with Crippen molar-refractivity contribution in [1.82, 2.24) is 15.3 Å². The lowest BCUT2D eigenvalue weighted by molar-refractivity contribution is -0.142. The number of hydrogen-bond acceptors (Lipinski definition) is 3. The molecule has 0 fully saturated rings. The van der Waals surface area contributed by atoms with E-state index in [0.29, 0.717) is 13.0 Å². The maximum Gasteiger partial charge on any atom is 0.332 e. The second kappa shape index (κ2) is 5.27. The number of hydrazine groups is 1. The monoisotopic (exact) mass is 263 g/mol. The number of carbonyl (C=O) groups is 2. The Morgan fingerprint density at radius 2 is 1.95 bits per heavy atom. The van der Waals surface area contributed by atoms with E-state index in [1.807, 2.05) is 24.3 Å². The number of fused-ring (bicyclic) bond motifs is 1. The third-order valence-electron chi connectivity index (χ3n) is 3.11. The van der Waals surface area contributed by atoms with Crippen LogP contribution >= 0.6 is 0 Å². The summed E-state index contributed by atoms with van der Waals surface area (Å²) >= 11 is 0. The van der Waals surface area contributed by atoms with Gasteiger partial charge in [0, 0.05) is 27.1 Å². The Morgan fingerprint density at radius 1 is 1.32 bits per heavy atom. The molecule has 1 atom stereocenters. The number of carboxylic acids is 1. The molecule has 1 aliphatic heterocycles. The van der Waals surface area contributed by atoms with Gasteiger partial charge in [-0.1, -0.05) is 24.3 Å². The van der Waals surface area contributed by atoms with Gasteiger partial charge in [-0.05, 0) is 11.1 Å². The predicted molar refractivity (Wildman–Crippen MR) is 69.3 cm³/mol. The van der Waals surface area contributed by atoms with Gasteiger partial charge in [0.15, 0.2) is 0 Å². The zero-order chi connectivity index (χ0) is 14.0. The Bertz CT molecular complexity index is 502. The van der Waals surface area contributed by atoms with Crippen LogP contribution in [0.15, 0.2) is 24.3 Å². The Balaban J connectivity index is 2.26. The van der Waals surface area contributed by atoms with Gasteiger partial charge in [0.1, 0.15) is 6.04 Å². The van der Waals surface area contributed by atoms with Crippen LogP contribution in [0.4, 0.5) is 4.79 Å². The molecule has 0 saturated heterocycles. The van der Waals surface area contributed by atoms with Crippen LogP contribution in [0.1, 0.15) is 11.1 Å². The van der Waals surface area contributed by atoms with Crippen LogP contribution < -0.4 is 5.43 Å². The molecule has 0 aliphatic carbocycles. The summed E-state index contributed by atoms with van der Waals surface area (Å²) in [5.41, 5.74) is 4.57. The van der Waals surface area contributed by atoms with Gasteiger partial charge in [-0.2, -0.15) is 0 Å². The van der Waals surface area contributed by atoms with Crippen LogP contribution in [0, 0.1) is 0 Å². The predicted octanol–water partition coefficient (Wildman–Crippen LogP) is 0.684. The quantitative estimate of drug-likeness (QED) is 0.770. The molecule has 1 aliphatic rings. The first-order valence-corrected chi connectivity index (χ1v) is 6.03. The number of urea groups is 1. The van der Waals surface area contributed by atoms with Gasteiger partial charge in [0.25, 0.3) is 0 Å². The molecule has 19 heavy (non-hydrogen) atoms. The summed E-state index contributed by atoms with van der Waals surface area (Å²) in [5.74, 6) is -0.983. The molecule has 0 unspecified atom stereocenters. The van der Waals surface area contributed by atoms with E-state index in [1.165, 1.54) is 9.91 Å². The topological polar surface area (TPSA) is 72.9 Å². The van der Waals surface area contributed by atoms with Gasteiger partial charge in [-0.25, -0.2) is 14.6 Å². The number of nitrogens with one attached hydrogen (secondary N) is 1. The first-order valence-electron chi connectivity index (χ1n) is 6.03. The van der Waals surface area contributed by atoms with Crippen molar-refractivity contribution in [2.24, 2.45) is 0 Å². The number of aliphatic carboxylic acids is 1. The minimum atomic E-state index is -0.983. The lowest BCUT2D eigenvalue weighted by Crippen LogP contribution is -2.54. The van der Waals surface area contributed by atoms with Crippen LogP contribution in [-0.4, -0.2) is 47.2 Å². The third kappa shape index (κ3) is 2.85. The minimum absolute atomic E-state index is 0.312. The summed E-state index contributed by atoms with van der Waals surface area (Å²) in [6.45, 7) is 0.312. The van der Waals surface area contributed by atoms with Crippen molar-refractivity contribution in [3.63, 3.8) is 0 Å². The average molecular weight is 263 g/mol. The maximum atomic E-state index is 12.0. The van der Waals surface area contributed by atoms with Crippen molar-refractivity contribution in [2.75, 3.05) is 14.1 Å². The molecular weight excluding hydrogens is 246 g/mol. The van der Waals surface area contributed by atoms with E-state index >= 15 is 0 Å². The molecule has 2 amide bonds. The zero-order valence-corrected chi connectivity index (χ0v) is 11.0. The summed E-state index contributed by atoms with van der Waals surface area (Å²) in [6.07, 6.45) is 0.340. The molecule has 6 heteroatoms. The smallest absolute Gasteiger partial charge is 0.332 e. The number of rotatable bonds is 2. The van der Waals surface area contributed by atoms with E-state index in [1.54, 1.807) is 14.1 Å². The average Bonchev–Trinajstić information content (AvgIpc) is 2.36. The van der Waals surface area contributed by atoms with Crippen LogP contribution in [0.25, 0.3) is 0 Å². The lowest BCUT2D eigenvalue weighted by Gasteiger charge is -2.35. The molecule has 0 spiro atoms. The largest absolute Gasteiger partial charge is 0.480 e. The molecule has 102 valence electrons. The van der Waals surface area contributed by atoms with Gasteiger partial charge in [-0.3, -0.25) is 5.43 Å². The van der Waals surface area contributed by atoms with E-state index < -0.39 is 18.0 Å². The maximum absolute atomic E-state index is 12.0. The molecule has 6 nitrogen and oxygen atoms in total. The van der Waals surface area contributed by atoms with Crippen molar-refractivity contribution in [1.29, 1.82) is 0 Å². The molecule has 0 aromatic heterocycles. The van der Waals surface area contributed by atoms with Gasteiger partial charge in [0.2, 0.25) is 0 Å². The Hall–Kier alpha value is -2.08. The highest BCUT2D eigenvalue weighted by Gasteiger charge is 2.34. The summed E-state index contributed by atoms with van der Waals surface area (Å²) in [7, 11) is 3.37. The van der Waals surface area contributed by atoms with Gasteiger partial charge in [0.05, 0.1) is 0 Å². The zero-order valence-electron chi connectivity index (χ0n) is 11.0. The standard InChI is InChI=1S/C13H17N3O3/c1-15(2)14-13(19)16-8-10-6-4-3-5-9(10)7-11(16)12(17)18/h3-6,11H,7-8H2,1-2H3,(H,14,19)(H,17,18)/t11-/m0/s1. The number of nitrogens with zero attached hydrogens (tertiary/aromatic N) is 2. The van der Waals surface area contributed by atoms with Crippen molar-refractivity contribution in [2.45, 2.75) is 19.0 Å². The fourth-order valence-electron chi connectivity index (χ4n) is 2.21. The van der Waals surface area contributed by atoms with Gasteiger partial charge < -0.3 is 10.0 Å². The Morgan fingerprint density at radius 3 is 2.53 bits per heavy atom. The molecule has 0 bridgehead atoms. The first kappa shape index (κ1) is 13.4. The molecule has 2 N–H and O–H groups in total. The number of carboxylic acid groups (broad SMARTS) is 1. The van der Waals surface area contributed by atoms with Crippen LogP contribution in [-0.2, 0) is 17.8 Å². The molecule has 1 aromatic rings. The summed E-state index contributed by atoms with van der Waals surface area (Å²) < 4.78 is 0. The molecule has 1 aromatic carbocycles. The normalized spacial score (nSPS) is 18.1. The van der Waals surface area contributed by atoms with E-state index in [9.17, 15) is 14.7 Å². The molecule has 1 heterocycles. The second-order valence-electron chi connectivity index (χ2n) is 4.77. The SMILES string of the molecule is CN(C)NC(=O)N1Cc2ccccc2C[C@H]1C(=O)O. The highest BCUT2D eigenvalue weighted by molar-refractivity contribution is 5.83. The van der Waals surface area contributed by atoms with Crippen LogP contribution in [0.2, 0.25) is 0 Å². The Labute approximate surface area is 111 Å². The molecule has 0 saturated carbocycles. The number of benzene rings is 1. The first-order chi connectivity index (χ1) is 8.99. The molecule has 2 rings (SSSR count). The van der Waals surface area contributed by atoms with E-state index in [4.69, 9.17) is 0 Å². The lowest BCUT2D eigenvalue weighted by atomic mass is 9.94. The third-order valence-corrected chi connectivity index (χ3v) is 3.11. The minimum Gasteiger partial charge on any atom is -0.480 e.